The van der Waals surface area contributed by atoms with Crippen molar-refractivity contribution in [1.29, 1.82) is 0 Å². The lowest BCUT2D eigenvalue weighted by Gasteiger charge is -2.28. The van der Waals surface area contributed by atoms with E-state index in [1.807, 2.05) is 42.6 Å². The van der Waals surface area contributed by atoms with Gasteiger partial charge in [0, 0.05) is 42.3 Å². The molecule has 3 aromatic rings. The third kappa shape index (κ3) is 4.69. The Morgan fingerprint density at radius 2 is 1.94 bits per heavy atom. The van der Waals surface area contributed by atoms with Gasteiger partial charge in [-0.25, -0.2) is 0 Å². The first kappa shape index (κ1) is 23.5. The molecule has 1 amide bonds. The Kier molecular flexibility index (Phi) is 6.60. The van der Waals surface area contributed by atoms with E-state index < -0.39 is 0 Å². The number of rotatable bonds is 8. The number of hydrogen-bond acceptors (Lipinski definition) is 3. The zero-order chi connectivity index (χ0) is 24.5. The summed E-state index contributed by atoms with van der Waals surface area (Å²) in [6.45, 7) is 7.03. The summed E-state index contributed by atoms with van der Waals surface area (Å²) in [5.74, 6) is -0.00260. The highest BCUT2D eigenvalue weighted by Gasteiger charge is 2.42. The van der Waals surface area contributed by atoms with Crippen molar-refractivity contribution in [3.05, 3.63) is 82.9 Å². The Balaban J connectivity index is 1.41. The summed E-state index contributed by atoms with van der Waals surface area (Å²) in [5, 5.41) is 7.29. The number of nitrogens with zero attached hydrogens (tertiary/aromatic N) is 3. The Hall–Kier alpha value is -3.19. The molecule has 1 saturated carbocycles. The topological polar surface area (TPSA) is 62.2 Å². The van der Waals surface area contributed by atoms with E-state index in [0.29, 0.717) is 24.1 Å². The molecule has 3 heterocycles. The van der Waals surface area contributed by atoms with Gasteiger partial charge in [-0.2, -0.15) is 0 Å². The van der Waals surface area contributed by atoms with E-state index in [-0.39, 0.29) is 18.0 Å². The van der Waals surface area contributed by atoms with Crippen molar-refractivity contribution in [2.75, 3.05) is 11.9 Å². The van der Waals surface area contributed by atoms with Crippen LogP contribution in [0.2, 0.25) is 0 Å². The summed E-state index contributed by atoms with van der Waals surface area (Å²) in [6.07, 6.45) is 5.54. The molecule has 2 unspecified atom stereocenters. The van der Waals surface area contributed by atoms with E-state index in [2.05, 4.69) is 58.0 Å². The maximum atomic E-state index is 12.9. The van der Waals surface area contributed by atoms with Crippen molar-refractivity contribution in [3.8, 4) is 0 Å². The molecule has 1 aliphatic heterocycles. The van der Waals surface area contributed by atoms with Gasteiger partial charge in [-0.1, -0.05) is 31.2 Å². The SMILES string of the molecule is CCc1ccccc1NC(=O)CCN1C(=S)NC(c2ccccn2)C1c1cc(C)n(C2CC2)c1C. The molecule has 1 aromatic carbocycles. The van der Waals surface area contributed by atoms with E-state index in [1.165, 1.54) is 29.8 Å². The molecule has 5 rings (SSSR count). The van der Waals surface area contributed by atoms with Crippen LogP contribution >= 0.6 is 12.2 Å². The van der Waals surface area contributed by atoms with E-state index >= 15 is 0 Å². The van der Waals surface area contributed by atoms with Crippen LogP contribution < -0.4 is 10.6 Å². The quantitative estimate of drug-likeness (QED) is 0.417. The van der Waals surface area contributed by atoms with Crippen LogP contribution in [-0.4, -0.2) is 32.0 Å². The lowest BCUT2D eigenvalue weighted by molar-refractivity contribution is -0.116. The summed E-state index contributed by atoms with van der Waals surface area (Å²) >= 11 is 5.81. The maximum Gasteiger partial charge on any atom is 0.226 e. The molecule has 7 heteroatoms. The van der Waals surface area contributed by atoms with Gasteiger partial charge in [0.2, 0.25) is 5.91 Å². The molecule has 2 N–H and O–H groups in total. The molecule has 2 fully saturated rings. The molecule has 0 spiro atoms. The lowest BCUT2D eigenvalue weighted by atomic mass is 9.96. The van der Waals surface area contributed by atoms with Crippen molar-refractivity contribution in [2.24, 2.45) is 0 Å². The number of anilines is 1. The fourth-order valence-electron chi connectivity index (χ4n) is 5.37. The standard InChI is InChI=1S/C28H33N5OS/c1-4-20-9-5-6-10-23(20)30-25(34)14-16-32-27(22-17-18(2)33(19(22)3)21-12-13-21)26(31-28(32)35)24-11-7-8-15-29-24/h5-11,15,17,21,26-27H,4,12-14,16H2,1-3H3,(H,30,34)(H,31,35). The molecule has 1 aliphatic carbocycles. The largest absolute Gasteiger partial charge is 0.352 e. The number of para-hydroxylation sites is 1. The second-order valence-electron chi connectivity index (χ2n) is 9.56. The molecule has 2 aromatic heterocycles. The van der Waals surface area contributed by atoms with E-state index in [0.717, 1.165) is 23.4 Å². The molecular formula is C28H33N5OS. The Morgan fingerprint density at radius 3 is 2.66 bits per heavy atom. The summed E-state index contributed by atoms with van der Waals surface area (Å²) in [4.78, 5) is 19.8. The highest BCUT2D eigenvalue weighted by Crippen LogP contribution is 2.44. The zero-order valence-electron chi connectivity index (χ0n) is 20.6. The van der Waals surface area contributed by atoms with Crippen LogP contribution in [0.1, 0.15) is 72.5 Å². The van der Waals surface area contributed by atoms with Gasteiger partial charge in [0.15, 0.2) is 5.11 Å². The third-order valence-electron chi connectivity index (χ3n) is 7.20. The second-order valence-corrected chi connectivity index (χ2v) is 9.94. The third-order valence-corrected chi connectivity index (χ3v) is 7.56. The highest BCUT2D eigenvalue weighted by molar-refractivity contribution is 7.80. The molecule has 182 valence electrons. The van der Waals surface area contributed by atoms with Crippen LogP contribution in [0.25, 0.3) is 0 Å². The minimum Gasteiger partial charge on any atom is -0.352 e. The van der Waals surface area contributed by atoms with Crippen molar-refractivity contribution in [2.45, 2.75) is 64.6 Å². The molecule has 0 bridgehead atoms. The molecule has 6 nitrogen and oxygen atoms in total. The minimum atomic E-state index is -0.0688. The van der Waals surface area contributed by atoms with E-state index in [4.69, 9.17) is 12.2 Å². The first-order valence-corrected chi connectivity index (χ1v) is 12.9. The molecule has 2 aliphatic rings. The minimum absolute atomic E-state index is 0.00260. The lowest BCUT2D eigenvalue weighted by Crippen LogP contribution is -2.33. The number of carbonyl (C=O) groups is 1. The van der Waals surface area contributed by atoms with Gasteiger partial charge in [-0.15, -0.1) is 0 Å². The van der Waals surface area contributed by atoms with Gasteiger partial charge in [0.25, 0.3) is 0 Å². The second kappa shape index (κ2) is 9.82. The average Bonchev–Trinajstić information content (AvgIpc) is 3.58. The number of pyridine rings is 1. The van der Waals surface area contributed by atoms with Gasteiger partial charge in [0.05, 0.1) is 17.8 Å². The number of thiocarbonyl (C=S) groups is 1. The first-order chi connectivity index (χ1) is 17.0. The number of benzene rings is 1. The number of hydrogen-bond donors (Lipinski definition) is 2. The van der Waals surface area contributed by atoms with Crippen LogP contribution in [0.5, 0.6) is 0 Å². The monoisotopic (exact) mass is 487 g/mol. The van der Waals surface area contributed by atoms with Gasteiger partial charge in [-0.05, 0) is 80.7 Å². The molecule has 0 radical (unpaired) electrons. The number of aryl methyl sites for hydroxylation is 2. The Bertz CT molecular complexity index is 1230. The summed E-state index contributed by atoms with van der Waals surface area (Å²) < 4.78 is 2.47. The fourth-order valence-corrected chi connectivity index (χ4v) is 5.70. The van der Waals surface area contributed by atoms with Crippen molar-refractivity contribution < 1.29 is 4.79 Å². The molecular weight excluding hydrogens is 454 g/mol. The summed E-state index contributed by atoms with van der Waals surface area (Å²) in [7, 11) is 0. The first-order valence-electron chi connectivity index (χ1n) is 12.5. The highest BCUT2D eigenvalue weighted by atomic mass is 32.1. The van der Waals surface area contributed by atoms with Gasteiger partial charge < -0.3 is 20.1 Å². The van der Waals surface area contributed by atoms with Crippen LogP contribution in [-0.2, 0) is 11.2 Å². The summed E-state index contributed by atoms with van der Waals surface area (Å²) in [6, 6.07) is 16.8. The normalized spacial score (nSPS) is 19.6. The van der Waals surface area contributed by atoms with E-state index in [9.17, 15) is 4.79 Å². The average molecular weight is 488 g/mol. The Morgan fingerprint density at radius 1 is 1.17 bits per heavy atom. The van der Waals surface area contributed by atoms with Crippen molar-refractivity contribution >= 4 is 28.9 Å². The number of amides is 1. The number of nitrogens with one attached hydrogen (secondary N) is 2. The van der Waals surface area contributed by atoms with Gasteiger partial charge >= 0.3 is 0 Å². The molecule has 2 atom stereocenters. The van der Waals surface area contributed by atoms with E-state index in [1.54, 1.807) is 0 Å². The Labute approximate surface area is 212 Å². The molecule has 35 heavy (non-hydrogen) atoms. The van der Waals surface area contributed by atoms with Crippen LogP contribution in [0.3, 0.4) is 0 Å². The van der Waals surface area contributed by atoms with Crippen molar-refractivity contribution in [1.82, 2.24) is 19.8 Å². The van der Waals surface area contributed by atoms with Crippen LogP contribution in [0.15, 0.2) is 54.7 Å². The van der Waals surface area contributed by atoms with Crippen LogP contribution in [0.4, 0.5) is 5.69 Å². The van der Waals surface area contributed by atoms with Crippen molar-refractivity contribution in [3.63, 3.8) is 0 Å². The molecule has 1 saturated heterocycles. The van der Waals surface area contributed by atoms with Gasteiger partial charge in [0.1, 0.15) is 0 Å². The predicted octanol–water partition coefficient (Wildman–Crippen LogP) is 5.40. The number of carbonyl (C=O) groups excluding carboxylic acids is 1. The van der Waals surface area contributed by atoms with Gasteiger partial charge in [-0.3, -0.25) is 9.78 Å². The fraction of sp³-hybridized carbons (Fsp3) is 0.393. The predicted molar refractivity (Wildman–Crippen MR) is 143 cm³/mol. The number of aromatic nitrogens is 2. The maximum absolute atomic E-state index is 12.9. The smallest absolute Gasteiger partial charge is 0.226 e. The zero-order valence-corrected chi connectivity index (χ0v) is 21.4. The van der Waals surface area contributed by atoms with Crippen LogP contribution in [0, 0.1) is 13.8 Å². The summed E-state index contributed by atoms with van der Waals surface area (Å²) in [5.41, 5.74) is 6.81.